The number of H-pyrrole nitrogens is 1. The van der Waals surface area contributed by atoms with E-state index in [1.165, 1.54) is 24.5 Å². The standard InChI is InChI=1S/C10H9FN4O/c11-8-3-6(1-2-9(8)12)10(16)15-7-4-13-14-5-7/h1-5H,12H2,(H,13,14)(H,15,16). The summed E-state index contributed by atoms with van der Waals surface area (Å²) in [5.41, 5.74) is 6.03. The van der Waals surface area contributed by atoms with Gasteiger partial charge in [0.1, 0.15) is 5.82 Å². The number of halogens is 1. The van der Waals surface area contributed by atoms with E-state index in [0.717, 1.165) is 6.07 Å². The second kappa shape index (κ2) is 4.01. The first-order chi connectivity index (χ1) is 7.66. The number of rotatable bonds is 2. The Hall–Kier alpha value is -2.37. The van der Waals surface area contributed by atoms with E-state index in [0.29, 0.717) is 5.69 Å². The van der Waals surface area contributed by atoms with Crippen LogP contribution in [0.4, 0.5) is 15.8 Å². The Morgan fingerprint density at radius 2 is 2.31 bits per heavy atom. The quantitative estimate of drug-likeness (QED) is 0.668. The van der Waals surface area contributed by atoms with Gasteiger partial charge in [0.25, 0.3) is 5.91 Å². The monoisotopic (exact) mass is 220 g/mol. The SMILES string of the molecule is Nc1ccc(C(=O)Nc2cn[nH]c2)cc1F. The van der Waals surface area contributed by atoms with Gasteiger partial charge >= 0.3 is 0 Å². The highest BCUT2D eigenvalue weighted by Crippen LogP contribution is 2.13. The van der Waals surface area contributed by atoms with E-state index in [9.17, 15) is 9.18 Å². The van der Waals surface area contributed by atoms with Gasteiger partial charge in [0.15, 0.2) is 0 Å². The van der Waals surface area contributed by atoms with Crippen molar-refractivity contribution in [3.63, 3.8) is 0 Å². The summed E-state index contributed by atoms with van der Waals surface area (Å²) in [6.07, 6.45) is 2.97. The summed E-state index contributed by atoms with van der Waals surface area (Å²) in [7, 11) is 0. The molecule has 0 atom stereocenters. The molecule has 0 bridgehead atoms. The number of anilines is 2. The predicted molar refractivity (Wildman–Crippen MR) is 57.4 cm³/mol. The van der Waals surface area contributed by atoms with Gasteiger partial charge in [-0.2, -0.15) is 5.10 Å². The number of nitrogens with zero attached hydrogens (tertiary/aromatic N) is 1. The number of hydrogen-bond acceptors (Lipinski definition) is 3. The second-order valence-corrected chi connectivity index (χ2v) is 3.18. The van der Waals surface area contributed by atoms with E-state index in [1.807, 2.05) is 0 Å². The molecule has 0 aliphatic rings. The smallest absolute Gasteiger partial charge is 0.255 e. The van der Waals surface area contributed by atoms with Crippen molar-refractivity contribution >= 4 is 17.3 Å². The summed E-state index contributed by atoms with van der Waals surface area (Å²) in [4.78, 5) is 11.6. The van der Waals surface area contributed by atoms with E-state index in [-0.39, 0.29) is 11.3 Å². The molecule has 0 radical (unpaired) electrons. The maximum atomic E-state index is 13.1. The van der Waals surface area contributed by atoms with Crippen LogP contribution in [0.3, 0.4) is 0 Å². The number of hydrogen-bond donors (Lipinski definition) is 3. The van der Waals surface area contributed by atoms with E-state index < -0.39 is 11.7 Å². The highest BCUT2D eigenvalue weighted by atomic mass is 19.1. The van der Waals surface area contributed by atoms with Gasteiger partial charge in [0.05, 0.1) is 17.6 Å². The molecule has 0 aliphatic heterocycles. The molecule has 1 aromatic heterocycles. The topological polar surface area (TPSA) is 83.8 Å². The molecule has 1 heterocycles. The Balaban J connectivity index is 2.18. The minimum Gasteiger partial charge on any atom is -0.396 e. The van der Waals surface area contributed by atoms with Crippen LogP contribution in [-0.2, 0) is 0 Å². The summed E-state index contributed by atoms with van der Waals surface area (Å²) >= 11 is 0. The van der Waals surface area contributed by atoms with Gasteiger partial charge in [-0.25, -0.2) is 4.39 Å². The Labute approximate surface area is 90.5 Å². The number of aromatic amines is 1. The molecule has 0 saturated heterocycles. The molecule has 2 aromatic rings. The van der Waals surface area contributed by atoms with Crippen LogP contribution in [0.15, 0.2) is 30.6 Å². The Kier molecular flexibility index (Phi) is 2.55. The molecule has 82 valence electrons. The average Bonchev–Trinajstić information content (AvgIpc) is 2.74. The fourth-order valence-electron chi connectivity index (χ4n) is 1.19. The third-order valence-electron chi connectivity index (χ3n) is 2.02. The van der Waals surface area contributed by atoms with Crippen LogP contribution in [-0.4, -0.2) is 16.1 Å². The lowest BCUT2D eigenvalue weighted by atomic mass is 10.2. The fraction of sp³-hybridized carbons (Fsp3) is 0. The molecule has 0 aliphatic carbocycles. The predicted octanol–water partition coefficient (Wildman–Crippen LogP) is 1.38. The van der Waals surface area contributed by atoms with Crippen molar-refractivity contribution in [2.24, 2.45) is 0 Å². The van der Waals surface area contributed by atoms with E-state index >= 15 is 0 Å². The fourth-order valence-corrected chi connectivity index (χ4v) is 1.19. The molecular weight excluding hydrogens is 211 g/mol. The molecule has 16 heavy (non-hydrogen) atoms. The van der Waals surface area contributed by atoms with E-state index in [1.54, 1.807) is 0 Å². The molecule has 2 rings (SSSR count). The van der Waals surface area contributed by atoms with Gasteiger partial charge < -0.3 is 11.1 Å². The molecule has 0 fully saturated rings. The normalized spacial score (nSPS) is 10.1. The summed E-state index contributed by atoms with van der Waals surface area (Å²) < 4.78 is 13.1. The summed E-state index contributed by atoms with van der Waals surface area (Å²) in [6, 6.07) is 3.89. The minimum absolute atomic E-state index is 0.0138. The third kappa shape index (κ3) is 2.00. The largest absolute Gasteiger partial charge is 0.396 e. The third-order valence-corrected chi connectivity index (χ3v) is 2.02. The molecule has 6 heteroatoms. The van der Waals surface area contributed by atoms with Crippen molar-refractivity contribution in [2.45, 2.75) is 0 Å². The summed E-state index contributed by atoms with van der Waals surface area (Å²) in [5, 5.41) is 8.76. The Bertz CT molecular complexity index is 510. The van der Waals surface area contributed by atoms with Crippen molar-refractivity contribution in [1.29, 1.82) is 0 Å². The molecule has 1 aromatic carbocycles. The first-order valence-electron chi connectivity index (χ1n) is 4.52. The highest BCUT2D eigenvalue weighted by molar-refractivity contribution is 6.04. The number of amides is 1. The second-order valence-electron chi connectivity index (χ2n) is 3.18. The first-order valence-corrected chi connectivity index (χ1v) is 4.52. The Morgan fingerprint density at radius 1 is 1.50 bits per heavy atom. The van der Waals surface area contributed by atoms with Crippen LogP contribution < -0.4 is 11.1 Å². The molecule has 0 unspecified atom stereocenters. The van der Waals surface area contributed by atoms with Gasteiger partial charge in [-0.1, -0.05) is 0 Å². The lowest BCUT2D eigenvalue weighted by Gasteiger charge is -2.03. The van der Waals surface area contributed by atoms with Crippen molar-refractivity contribution in [1.82, 2.24) is 10.2 Å². The van der Waals surface area contributed by atoms with E-state index in [4.69, 9.17) is 5.73 Å². The first kappa shape index (κ1) is 10.2. The number of aromatic nitrogens is 2. The molecular formula is C10H9FN4O. The van der Waals surface area contributed by atoms with Gasteiger partial charge in [0, 0.05) is 11.8 Å². The van der Waals surface area contributed by atoms with Crippen molar-refractivity contribution in [3.8, 4) is 0 Å². The van der Waals surface area contributed by atoms with Crippen LogP contribution >= 0.6 is 0 Å². The number of benzene rings is 1. The van der Waals surface area contributed by atoms with Crippen molar-refractivity contribution < 1.29 is 9.18 Å². The lowest BCUT2D eigenvalue weighted by molar-refractivity contribution is 0.102. The molecule has 5 nitrogen and oxygen atoms in total. The van der Waals surface area contributed by atoms with Crippen molar-refractivity contribution in [2.75, 3.05) is 11.1 Å². The highest BCUT2D eigenvalue weighted by Gasteiger charge is 2.08. The summed E-state index contributed by atoms with van der Waals surface area (Å²) in [6.45, 7) is 0. The maximum absolute atomic E-state index is 13.1. The number of carbonyl (C=O) groups is 1. The zero-order valence-electron chi connectivity index (χ0n) is 8.20. The molecule has 4 N–H and O–H groups in total. The zero-order chi connectivity index (χ0) is 11.5. The van der Waals surface area contributed by atoms with E-state index in [2.05, 4.69) is 15.5 Å². The molecule has 0 spiro atoms. The number of nitrogens with two attached hydrogens (primary N) is 1. The molecule has 1 amide bonds. The molecule has 0 saturated carbocycles. The zero-order valence-corrected chi connectivity index (χ0v) is 8.20. The van der Waals surface area contributed by atoms with Crippen LogP contribution in [0.5, 0.6) is 0 Å². The van der Waals surface area contributed by atoms with Crippen LogP contribution in [0.2, 0.25) is 0 Å². The summed E-state index contributed by atoms with van der Waals surface area (Å²) in [5.74, 6) is -1.03. The lowest BCUT2D eigenvalue weighted by Crippen LogP contribution is -2.11. The number of carbonyl (C=O) groups excluding carboxylic acids is 1. The maximum Gasteiger partial charge on any atom is 0.255 e. The van der Waals surface area contributed by atoms with Crippen LogP contribution in [0.1, 0.15) is 10.4 Å². The van der Waals surface area contributed by atoms with Gasteiger partial charge in [-0.3, -0.25) is 9.89 Å². The number of nitrogen functional groups attached to an aromatic ring is 1. The minimum atomic E-state index is -0.611. The van der Waals surface area contributed by atoms with Gasteiger partial charge in [0.2, 0.25) is 0 Å². The van der Waals surface area contributed by atoms with Crippen molar-refractivity contribution in [3.05, 3.63) is 42.0 Å². The average molecular weight is 220 g/mol. The Morgan fingerprint density at radius 3 is 2.94 bits per heavy atom. The van der Waals surface area contributed by atoms with Crippen LogP contribution in [0.25, 0.3) is 0 Å². The van der Waals surface area contributed by atoms with Gasteiger partial charge in [-0.15, -0.1) is 0 Å². The van der Waals surface area contributed by atoms with Crippen LogP contribution in [0, 0.1) is 5.82 Å². The number of nitrogens with one attached hydrogen (secondary N) is 2. The van der Waals surface area contributed by atoms with Gasteiger partial charge in [-0.05, 0) is 18.2 Å².